The Hall–Kier alpha value is -6.80. The van der Waals surface area contributed by atoms with Gasteiger partial charge in [-0.25, -0.2) is 4.79 Å². The summed E-state index contributed by atoms with van der Waals surface area (Å²) in [5.74, 6) is -13.0. The molecule has 20 N–H and O–H groups in total. The zero-order valence-electron chi connectivity index (χ0n) is 34.4. The van der Waals surface area contributed by atoms with Gasteiger partial charge in [0.05, 0.1) is 32.0 Å². The van der Waals surface area contributed by atoms with Crippen LogP contribution in [0.2, 0.25) is 0 Å². The SMILES string of the molecule is CC(C)[C@H](NC(=O)[C@H](CC(=O)O)NC(=O)CNC(=O)[C@H](CCCN=C(N)N)NC(=O)[C@@H](NC(=O)[C@H](CC(=O)O)NC(=O)CNC(=O)[C@@H](N)CCCN=C(N)N)C(C)C)C(=O)O. The first-order valence-electron chi connectivity index (χ1n) is 18.9. The molecule has 0 aliphatic rings. The summed E-state index contributed by atoms with van der Waals surface area (Å²) in [5, 5.41) is 43.9. The number of carboxylic acid groups (broad SMARTS) is 3. The molecule has 0 aliphatic heterocycles. The van der Waals surface area contributed by atoms with E-state index < -0.39 is 133 Å². The van der Waals surface area contributed by atoms with Crippen molar-refractivity contribution in [1.82, 2.24) is 37.2 Å². The van der Waals surface area contributed by atoms with Crippen LogP contribution in [0.1, 0.15) is 66.2 Å². The number of carbonyl (C=O) groups is 10. The van der Waals surface area contributed by atoms with E-state index in [2.05, 4.69) is 47.2 Å². The van der Waals surface area contributed by atoms with Gasteiger partial charge in [0.1, 0.15) is 30.2 Å². The van der Waals surface area contributed by atoms with Crippen LogP contribution in [0, 0.1) is 11.8 Å². The average molecular weight is 873 g/mol. The van der Waals surface area contributed by atoms with E-state index in [9.17, 15) is 63.3 Å². The van der Waals surface area contributed by atoms with Crippen LogP contribution in [0.25, 0.3) is 0 Å². The first kappa shape index (κ1) is 54.2. The minimum atomic E-state index is -1.74. The molecule has 0 unspecified atom stereocenters. The third kappa shape index (κ3) is 23.4. The lowest BCUT2D eigenvalue weighted by Crippen LogP contribution is -2.59. The molecule has 27 nitrogen and oxygen atoms in total. The first-order valence-corrected chi connectivity index (χ1v) is 18.9. The van der Waals surface area contributed by atoms with Gasteiger partial charge in [-0.1, -0.05) is 27.7 Å². The summed E-state index contributed by atoms with van der Waals surface area (Å²) in [5.41, 5.74) is 27.0. The summed E-state index contributed by atoms with van der Waals surface area (Å²) < 4.78 is 0. The Balaban J connectivity index is 5.90. The average Bonchev–Trinajstić information content (AvgIpc) is 3.14. The van der Waals surface area contributed by atoms with Crippen molar-refractivity contribution in [2.45, 2.75) is 102 Å². The fraction of sp³-hybridized carbons (Fsp3) is 0.647. The Labute approximate surface area is 350 Å². The Morgan fingerprint density at radius 1 is 0.508 bits per heavy atom. The van der Waals surface area contributed by atoms with Gasteiger partial charge >= 0.3 is 17.9 Å². The molecule has 27 heteroatoms. The number of aliphatic imine (C=N–C) groups is 2. The van der Waals surface area contributed by atoms with Gasteiger partial charge in [0.15, 0.2) is 11.9 Å². The maximum atomic E-state index is 13.6. The van der Waals surface area contributed by atoms with E-state index in [-0.39, 0.29) is 44.3 Å². The Morgan fingerprint density at radius 2 is 0.918 bits per heavy atom. The van der Waals surface area contributed by atoms with Gasteiger partial charge in [0, 0.05) is 13.1 Å². The van der Waals surface area contributed by atoms with E-state index in [0.29, 0.717) is 6.42 Å². The van der Waals surface area contributed by atoms with Crippen LogP contribution in [0.5, 0.6) is 0 Å². The van der Waals surface area contributed by atoms with Crippen LogP contribution in [0.4, 0.5) is 0 Å². The van der Waals surface area contributed by atoms with Gasteiger partial charge in [-0.3, -0.25) is 53.1 Å². The lowest BCUT2D eigenvalue weighted by Gasteiger charge is -2.27. The van der Waals surface area contributed by atoms with Crippen LogP contribution in [0.3, 0.4) is 0 Å². The monoisotopic (exact) mass is 872 g/mol. The third-order valence-corrected chi connectivity index (χ3v) is 8.27. The predicted octanol–water partition coefficient (Wildman–Crippen LogP) is -6.58. The van der Waals surface area contributed by atoms with Crippen LogP contribution in [-0.2, 0) is 47.9 Å². The van der Waals surface area contributed by atoms with Crippen molar-refractivity contribution in [2.24, 2.45) is 50.5 Å². The van der Waals surface area contributed by atoms with Crippen molar-refractivity contribution >= 4 is 71.2 Å². The van der Waals surface area contributed by atoms with E-state index in [1.165, 1.54) is 27.7 Å². The number of aliphatic carboxylic acids is 3. The second-order valence-electron chi connectivity index (χ2n) is 14.2. The number of nitrogens with zero attached hydrogens (tertiary/aromatic N) is 2. The molecule has 0 aliphatic carbocycles. The number of hydrogen-bond donors (Lipinski definition) is 15. The quantitative estimate of drug-likeness (QED) is 0.0189. The second kappa shape index (κ2) is 27.8. The molecule has 0 saturated carbocycles. The van der Waals surface area contributed by atoms with Crippen molar-refractivity contribution < 1.29 is 63.3 Å². The highest BCUT2D eigenvalue weighted by molar-refractivity contribution is 5.97. The molecule has 6 atom stereocenters. The third-order valence-electron chi connectivity index (χ3n) is 8.27. The van der Waals surface area contributed by atoms with E-state index in [1.807, 2.05) is 0 Å². The number of nitrogens with one attached hydrogen (secondary N) is 7. The number of nitrogens with two attached hydrogens (primary N) is 5. The standard InChI is InChI=1S/C34H60N14O13/c1-15(2)25(47-29(57)19(11-23(51)52)44-21(49)13-42-27(55)17(35)7-5-9-40-33(36)37)31(59)46-18(8-6-10-41-34(38)39)28(56)43-14-22(50)45-20(12-24(53)54)30(58)48-26(16(3)4)32(60)61/h15-20,25-26H,5-14,35H2,1-4H3,(H,42,55)(H,43,56)(H,44,49)(H,45,50)(H,46,59)(H,47,57)(H,48,58)(H,51,52)(H,53,54)(H,60,61)(H4,36,37,40)(H4,38,39,41)/t17-,18-,19-,20-,25-,26-/m0/s1. The maximum Gasteiger partial charge on any atom is 0.326 e. The molecule has 0 heterocycles. The molecule has 0 rings (SSSR count). The normalized spacial score (nSPS) is 13.7. The van der Waals surface area contributed by atoms with Crippen LogP contribution in [0.15, 0.2) is 9.98 Å². The number of carbonyl (C=O) groups excluding carboxylic acids is 7. The van der Waals surface area contributed by atoms with E-state index in [1.54, 1.807) is 0 Å². The highest BCUT2D eigenvalue weighted by atomic mass is 16.4. The predicted molar refractivity (Wildman–Crippen MR) is 215 cm³/mol. The molecule has 0 saturated heterocycles. The highest BCUT2D eigenvalue weighted by Crippen LogP contribution is 2.08. The van der Waals surface area contributed by atoms with Crippen molar-refractivity contribution in [3.05, 3.63) is 0 Å². The van der Waals surface area contributed by atoms with E-state index >= 15 is 0 Å². The fourth-order valence-corrected chi connectivity index (χ4v) is 5.09. The molecule has 7 amide bonds. The number of guanidine groups is 2. The highest BCUT2D eigenvalue weighted by Gasteiger charge is 2.33. The van der Waals surface area contributed by atoms with Gasteiger partial charge in [0.2, 0.25) is 41.4 Å². The minimum Gasteiger partial charge on any atom is -0.481 e. The first-order chi connectivity index (χ1) is 28.3. The van der Waals surface area contributed by atoms with Crippen LogP contribution in [-0.4, -0.2) is 149 Å². The summed E-state index contributed by atoms with van der Waals surface area (Å²) in [6, 6.07) is -8.80. The van der Waals surface area contributed by atoms with Crippen molar-refractivity contribution in [2.75, 3.05) is 26.2 Å². The van der Waals surface area contributed by atoms with Crippen LogP contribution < -0.4 is 65.9 Å². The molecule has 0 spiro atoms. The fourth-order valence-electron chi connectivity index (χ4n) is 5.09. The second-order valence-corrected chi connectivity index (χ2v) is 14.2. The van der Waals surface area contributed by atoms with Crippen molar-refractivity contribution in [3.63, 3.8) is 0 Å². The Morgan fingerprint density at radius 3 is 1.31 bits per heavy atom. The van der Waals surface area contributed by atoms with Gasteiger partial charge in [-0.15, -0.1) is 0 Å². The van der Waals surface area contributed by atoms with Crippen molar-refractivity contribution in [1.29, 1.82) is 0 Å². The minimum absolute atomic E-state index is 0.00507. The summed E-state index contributed by atoms with van der Waals surface area (Å²) in [6.07, 6.45) is -1.42. The summed E-state index contributed by atoms with van der Waals surface area (Å²) in [6.45, 7) is 4.66. The van der Waals surface area contributed by atoms with E-state index in [4.69, 9.17) is 28.7 Å². The maximum absolute atomic E-state index is 13.6. The Bertz CT molecular complexity index is 1630. The van der Waals surface area contributed by atoms with E-state index in [0.717, 1.165) is 0 Å². The summed E-state index contributed by atoms with van der Waals surface area (Å²) in [4.78, 5) is 133. The molecular weight excluding hydrogens is 812 g/mol. The zero-order chi connectivity index (χ0) is 47.0. The molecule has 0 aromatic rings. The van der Waals surface area contributed by atoms with Gasteiger partial charge in [-0.05, 0) is 37.5 Å². The zero-order valence-corrected chi connectivity index (χ0v) is 34.4. The molecule has 0 aromatic carbocycles. The summed E-state index contributed by atoms with van der Waals surface area (Å²) >= 11 is 0. The van der Waals surface area contributed by atoms with Crippen molar-refractivity contribution in [3.8, 4) is 0 Å². The van der Waals surface area contributed by atoms with Crippen LogP contribution >= 0.6 is 0 Å². The van der Waals surface area contributed by atoms with Gasteiger partial charge in [0.25, 0.3) is 0 Å². The number of hydrogen-bond acceptors (Lipinski definition) is 13. The Kier molecular flexibility index (Phi) is 24.7. The molecule has 344 valence electrons. The lowest BCUT2D eigenvalue weighted by atomic mass is 10.0. The molecular formula is C34H60N14O13. The molecule has 0 bridgehead atoms. The molecule has 61 heavy (non-hydrogen) atoms. The lowest BCUT2D eigenvalue weighted by molar-refractivity contribution is -0.144. The largest absolute Gasteiger partial charge is 0.481 e. The summed E-state index contributed by atoms with van der Waals surface area (Å²) in [7, 11) is 0. The van der Waals surface area contributed by atoms with Gasteiger partial charge in [-0.2, -0.15) is 0 Å². The number of rotatable bonds is 29. The number of carboxylic acids is 3. The molecule has 0 radical (unpaired) electrons. The molecule has 0 fully saturated rings. The molecule has 0 aromatic heterocycles. The smallest absolute Gasteiger partial charge is 0.326 e. The topological polar surface area (TPSA) is 470 Å². The number of amides is 7. The van der Waals surface area contributed by atoms with Gasteiger partial charge < -0.3 is 81.2 Å².